The minimum atomic E-state index is -2.03. The Morgan fingerprint density at radius 3 is 1.28 bits per heavy atom. The van der Waals surface area contributed by atoms with Crippen LogP contribution in [0.15, 0.2) is 164 Å². The minimum absolute atomic E-state index is 0.602. The van der Waals surface area contributed by atoms with Gasteiger partial charge in [0, 0.05) is 49.4 Å². The first-order valence-corrected chi connectivity index (χ1v) is 22.6. The summed E-state index contributed by atoms with van der Waals surface area (Å²) in [5, 5.41) is 29.3. The van der Waals surface area contributed by atoms with Crippen molar-refractivity contribution in [3.63, 3.8) is 0 Å². The first-order chi connectivity index (χ1) is 28.4. The van der Waals surface area contributed by atoms with Crippen molar-refractivity contribution < 1.29 is 0 Å². The molecule has 58 heavy (non-hydrogen) atoms. The van der Waals surface area contributed by atoms with Crippen molar-refractivity contribution in [3.8, 4) is 40.3 Å². The van der Waals surface area contributed by atoms with Gasteiger partial charge in [-0.05, 0) is 119 Å². The molecule has 6 heteroatoms. The fourth-order valence-electron chi connectivity index (χ4n) is 10.0. The molecule has 0 aliphatic carbocycles. The highest BCUT2D eigenvalue weighted by Crippen LogP contribution is 2.41. The van der Waals surface area contributed by atoms with Crippen molar-refractivity contribution in [2.45, 2.75) is 13.1 Å². The summed E-state index contributed by atoms with van der Waals surface area (Å²) in [5.74, 6) is 0. The molecule has 0 amide bonds. The zero-order chi connectivity index (χ0) is 38.9. The summed E-state index contributed by atoms with van der Waals surface area (Å²) in [4.78, 5) is 0. The normalized spacial score (nSPS) is 13.1. The lowest BCUT2D eigenvalue weighted by Gasteiger charge is -2.19. The van der Waals surface area contributed by atoms with Gasteiger partial charge in [0.15, 0.2) is 0 Å². The van der Waals surface area contributed by atoms with Crippen molar-refractivity contribution in [2.75, 3.05) is 0 Å². The molecule has 1 aliphatic rings. The van der Waals surface area contributed by atoms with E-state index in [1.165, 1.54) is 65.1 Å². The highest BCUT2D eigenvalue weighted by atomic mass is 28.3. The largest absolute Gasteiger partial charge is 0.309 e. The molecule has 0 spiro atoms. The van der Waals surface area contributed by atoms with Crippen LogP contribution in [0.3, 0.4) is 0 Å². The monoisotopic (exact) mass is 755 g/mol. The molecule has 0 N–H and O–H groups in total. The summed E-state index contributed by atoms with van der Waals surface area (Å²) in [6.45, 7) is 4.92. The Labute approximate surface area is 335 Å². The third kappa shape index (κ3) is 4.32. The van der Waals surface area contributed by atoms with Gasteiger partial charge in [-0.2, -0.15) is 10.5 Å². The maximum Gasteiger partial charge on any atom is 0.113 e. The van der Waals surface area contributed by atoms with Crippen LogP contribution in [-0.4, -0.2) is 21.8 Å². The number of fused-ring (bicyclic) bond motifs is 12. The van der Waals surface area contributed by atoms with Gasteiger partial charge in [-0.3, -0.25) is 0 Å². The van der Waals surface area contributed by atoms with E-state index in [2.05, 4.69) is 166 Å². The van der Waals surface area contributed by atoms with E-state index in [0.29, 0.717) is 11.1 Å². The molecule has 1 aliphatic heterocycles. The van der Waals surface area contributed by atoms with Gasteiger partial charge in [-0.25, -0.2) is 0 Å². The molecular weight excluding hydrogens is 723 g/mol. The van der Waals surface area contributed by atoms with Crippen LogP contribution in [0.2, 0.25) is 13.1 Å². The van der Waals surface area contributed by atoms with Crippen molar-refractivity contribution in [1.82, 2.24) is 13.7 Å². The first-order valence-electron chi connectivity index (χ1n) is 19.6. The van der Waals surface area contributed by atoms with Crippen LogP contribution in [0.1, 0.15) is 11.1 Å². The topological polar surface area (TPSA) is 62.4 Å². The van der Waals surface area contributed by atoms with Gasteiger partial charge in [-0.1, -0.05) is 79.8 Å². The lowest BCUT2D eigenvalue weighted by Crippen LogP contribution is -2.49. The van der Waals surface area contributed by atoms with E-state index in [1.807, 2.05) is 36.4 Å². The molecule has 0 saturated heterocycles. The number of benzene rings is 8. The Balaban J connectivity index is 1.10. The third-order valence-corrected chi connectivity index (χ3v) is 16.2. The zero-order valence-corrected chi connectivity index (χ0v) is 32.8. The molecular formula is C52H33N5Si. The van der Waals surface area contributed by atoms with Crippen LogP contribution in [0.5, 0.6) is 0 Å². The Kier molecular flexibility index (Phi) is 6.57. The van der Waals surface area contributed by atoms with Crippen molar-refractivity contribution >= 4 is 83.9 Å². The van der Waals surface area contributed by atoms with Gasteiger partial charge in [0.2, 0.25) is 0 Å². The number of rotatable bonds is 3. The average Bonchev–Trinajstić information content (AvgIpc) is 3.95. The van der Waals surface area contributed by atoms with Crippen LogP contribution >= 0.6 is 0 Å². The van der Waals surface area contributed by atoms with E-state index in [1.54, 1.807) is 0 Å². The SMILES string of the molecule is C[Si]1(C)c2ccc(-n3c4ccc(C#N)cc4c4cc(C#N)ccc43)cc2-c2cc(-n3c4ccccc4c4cc5c(cc43)c3ccccc3n5-c3ccccc3)ccc21. The Hall–Kier alpha value is -7.64. The molecule has 8 aromatic carbocycles. The van der Waals surface area contributed by atoms with Crippen LogP contribution in [-0.2, 0) is 0 Å². The average molecular weight is 756 g/mol. The van der Waals surface area contributed by atoms with Gasteiger partial charge in [0.1, 0.15) is 8.07 Å². The summed E-state index contributed by atoms with van der Waals surface area (Å²) < 4.78 is 7.14. The van der Waals surface area contributed by atoms with E-state index < -0.39 is 8.07 Å². The molecule has 0 fully saturated rings. The number of hydrogen-bond donors (Lipinski definition) is 0. The van der Waals surface area contributed by atoms with Crippen LogP contribution in [0.4, 0.5) is 0 Å². The van der Waals surface area contributed by atoms with Gasteiger partial charge < -0.3 is 13.7 Å². The van der Waals surface area contributed by atoms with E-state index in [0.717, 1.165) is 38.9 Å². The van der Waals surface area contributed by atoms with E-state index in [4.69, 9.17) is 0 Å². The second-order valence-corrected chi connectivity index (χ2v) is 20.4. The number of nitriles is 2. The Bertz CT molecular complexity index is 3610. The third-order valence-electron chi connectivity index (χ3n) is 12.7. The molecule has 0 atom stereocenters. The van der Waals surface area contributed by atoms with Gasteiger partial charge in [0.25, 0.3) is 0 Å². The first kappa shape index (κ1) is 32.6. The Morgan fingerprint density at radius 1 is 0.362 bits per heavy atom. The lowest BCUT2D eigenvalue weighted by atomic mass is 10.0. The van der Waals surface area contributed by atoms with Crippen LogP contribution < -0.4 is 10.4 Å². The smallest absolute Gasteiger partial charge is 0.113 e. The minimum Gasteiger partial charge on any atom is -0.309 e. The summed E-state index contributed by atoms with van der Waals surface area (Å²) in [7, 11) is -2.03. The molecule has 0 radical (unpaired) electrons. The number of hydrogen-bond acceptors (Lipinski definition) is 2. The molecule has 11 aromatic rings. The van der Waals surface area contributed by atoms with Crippen molar-refractivity contribution in [1.29, 1.82) is 10.5 Å². The maximum absolute atomic E-state index is 9.77. The highest BCUT2D eigenvalue weighted by Gasteiger charge is 2.38. The molecule has 0 bridgehead atoms. The fourth-order valence-corrected chi connectivity index (χ4v) is 13.1. The zero-order valence-electron chi connectivity index (χ0n) is 31.8. The summed E-state index contributed by atoms with van der Waals surface area (Å²) in [5.41, 5.74) is 13.9. The molecule has 0 saturated carbocycles. The van der Waals surface area contributed by atoms with E-state index in [-0.39, 0.29) is 0 Å². The molecule has 0 unspecified atom stereocenters. The molecule has 3 aromatic heterocycles. The number of para-hydroxylation sites is 3. The van der Waals surface area contributed by atoms with E-state index >= 15 is 0 Å². The summed E-state index contributed by atoms with van der Waals surface area (Å²) >= 11 is 0. The van der Waals surface area contributed by atoms with Crippen molar-refractivity contribution in [2.24, 2.45) is 0 Å². The molecule has 5 nitrogen and oxygen atoms in total. The molecule has 4 heterocycles. The fraction of sp³-hybridized carbons (Fsp3) is 0.0385. The number of nitrogens with zero attached hydrogens (tertiary/aromatic N) is 5. The van der Waals surface area contributed by atoms with Gasteiger partial charge in [-0.15, -0.1) is 0 Å². The highest BCUT2D eigenvalue weighted by molar-refractivity contribution is 7.03. The molecule has 12 rings (SSSR count). The van der Waals surface area contributed by atoms with E-state index in [9.17, 15) is 10.5 Å². The van der Waals surface area contributed by atoms with Gasteiger partial charge >= 0.3 is 0 Å². The Morgan fingerprint density at radius 2 is 0.776 bits per heavy atom. The quantitative estimate of drug-likeness (QED) is 0.169. The van der Waals surface area contributed by atoms with Crippen LogP contribution in [0, 0.1) is 22.7 Å². The maximum atomic E-state index is 9.77. The second kappa shape index (κ2) is 11.7. The number of aromatic nitrogens is 3. The predicted molar refractivity (Wildman–Crippen MR) is 241 cm³/mol. The van der Waals surface area contributed by atoms with Gasteiger partial charge in [0.05, 0.1) is 56.4 Å². The summed E-state index contributed by atoms with van der Waals surface area (Å²) in [6.07, 6.45) is 0. The standard InChI is InChI=1S/C52H33N5Si/c1-58(2)51-22-18-35(56-47-20-16-32(30-53)24-39(47)40-25-33(31-54)17-21-48(40)56)26-43(51)44-27-36(19-23-52(44)58)57-46-15-9-7-13-38(46)42-28-49-41(29-50(42)57)37-12-6-8-14-45(37)55(49)34-10-4-3-5-11-34/h3-29H,1-2H3. The predicted octanol–water partition coefficient (Wildman–Crippen LogP) is 11.5. The van der Waals surface area contributed by atoms with Crippen molar-refractivity contribution in [3.05, 3.63) is 175 Å². The second-order valence-electron chi connectivity index (χ2n) is 16.0. The summed E-state index contributed by atoms with van der Waals surface area (Å²) in [6, 6.07) is 63.5. The molecule has 270 valence electrons. The lowest BCUT2D eigenvalue weighted by molar-refractivity contribution is 1.17. The van der Waals surface area contributed by atoms with Crippen LogP contribution in [0.25, 0.3) is 93.6 Å².